The van der Waals surface area contributed by atoms with Gasteiger partial charge in [-0.3, -0.25) is 9.10 Å². The Morgan fingerprint density at radius 1 is 1.04 bits per heavy atom. The molecule has 0 spiro atoms. The third kappa shape index (κ3) is 3.47. The molecule has 2 aromatic rings. The van der Waals surface area contributed by atoms with Crippen molar-refractivity contribution in [1.29, 1.82) is 0 Å². The number of anilines is 1. The first kappa shape index (κ1) is 18.5. The summed E-state index contributed by atoms with van der Waals surface area (Å²) >= 11 is 5.66. The maximum atomic E-state index is 13.2. The van der Waals surface area contributed by atoms with Crippen LogP contribution in [-0.2, 0) is 14.8 Å². The molecule has 0 bridgehead atoms. The van der Waals surface area contributed by atoms with Gasteiger partial charge in [0.05, 0.1) is 10.6 Å². The van der Waals surface area contributed by atoms with Crippen LogP contribution in [-0.4, -0.2) is 19.7 Å². The molecule has 0 heterocycles. The number of nitrogens with zero attached hydrogens (tertiary/aromatic N) is 1. The van der Waals surface area contributed by atoms with Crippen molar-refractivity contribution in [2.24, 2.45) is 0 Å². The third-order valence-electron chi connectivity index (χ3n) is 3.84. The zero-order chi connectivity index (χ0) is 18.1. The monoisotopic (exact) mass is 365 g/mol. The fourth-order valence-electron chi connectivity index (χ4n) is 2.84. The normalized spacial score (nSPS) is 12.7. The van der Waals surface area contributed by atoms with Gasteiger partial charge in [0.1, 0.15) is 6.04 Å². The Balaban J connectivity index is 2.75. The van der Waals surface area contributed by atoms with Crippen molar-refractivity contribution >= 4 is 32.6 Å². The summed E-state index contributed by atoms with van der Waals surface area (Å²) < 4.78 is 27.5. The van der Waals surface area contributed by atoms with Gasteiger partial charge in [0.2, 0.25) is 5.24 Å². The largest absolute Gasteiger partial charge is 0.279 e. The van der Waals surface area contributed by atoms with Gasteiger partial charge in [-0.2, -0.15) is 0 Å². The number of aryl methyl sites for hydroxylation is 3. The molecule has 0 aliphatic carbocycles. The minimum atomic E-state index is -3.93. The first-order valence-corrected chi connectivity index (χ1v) is 9.34. The van der Waals surface area contributed by atoms with Crippen LogP contribution in [0.15, 0.2) is 47.4 Å². The first-order chi connectivity index (χ1) is 11.2. The van der Waals surface area contributed by atoms with E-state index in [9.17, 15) is 13.2 Å². The van der Waals surface area contributed by atoms with E-state index in [0.717, 1.165) is 21.0 Å². The molecule has 1 atom stereocenters. The van der Waals surface area contributed by atoms with Crippen LogP contribution >= 0.6 is 11.6 Å². The number of carbonyl (C=O) groups excluding carboxylic acids is 1. The second-order valence-electron chi connectivity index (χ2n) is 5.84. The predicted octanol–water partition coefficient (Wildman–Crippen LogP) is 3.96. The SMILES string of the molecule is Cc1cc(C)c(N(C(C)C(=O)Cl)S(=O)(=O)c2ccccc2)c(C)c1. The van der Waals surface area contributed by atoms with Crippen LogP contribution < -0.4 is 4.31 Å². The third-order valence-corrected chi connectivity index (χ3v) is 6.04. The zero-order valence-corrected chi connectivity index (χ0v) is 15.6. The summed E-state index contributed by atoms with van der Waals surface area (Å²) in [4.78, 5) is 11.9. The standard InChI is InChI=1S/C18H20ClNO3S/c1-12-10-13(2)17(14(3)11-12)20(15(4)18(19)21)24(22,23)16-8-6-5-7-9-16/h5-11,15H,1-4H3. The first-order valence-electron chi connectivity index (χ1n) is 7.53. The van der Waals surface area contributed by atoms with Gasteiger partial charge in [-0.25, -0.2) is 8.42 Å². The summed E-state index contributed by atoms with van der Waals surface area (Å²) in [6.07, 6.45) is 0. The number of halogens is 1. The summed E-state index contributed by atoms with van der Waals surface area (Å²) in [5.41, 5.74) is 3.06. The lowest BCUT2D eigenvalue weighted by molar-refractivity contribution is -0.112. The van der Waals surface area contributed by atoms with Crippen LogP contribution in [0.5, 0.6) is 0 Å². The van der Waals surface area contributed by atoms with E-state index in [1.54, 1.807) is 18.2 Å². The molecule has 0 saturated heterocycles. The molecule has 128 valence electrons. The molecule has 4 nitrogen and oxygen atoms in total. The molecule has 0 N–H and O–H groups in total. The fourth-order valence-corrected chi connectivity index (χ4v) is 4.76. The van der Waals surface area contributed by atoms with Crippen molar-refractivity contribution in [1.82, 2.24) is 0 Å². The van der Waals surface area contributed by atoms with Crippen LogP contribution in [0.1, 0.15) is 23.6 Å². The average Bonchev–Trinajstić information content (AvgIpc) is 2.50. The Kier molecular flexibility index (Phi) is 5.35. The van der Waals surface area contributed by atoms with Gasteiger partial charge in [-0.05, 0) is 62.6 Å². The maximum absolute atomic E-state index is 13.2. The Morgan fingerprint density at radius 3 is 2.00 bits per heavy atom. The highest BCUT2D eigenvalue weighted by Gasteiger charge is 2.34. The van der Waals surface area contributed by atoms with Crippen molar-refractivity contribution in [2.75, 3.05) is 4.31 Å². The van der Waals surface area contributed by atoms with Crippen LogP contribution in [0.3, 0.4) is 0 Å². The molecule has 0 aromatic heterocycles. The highest BCUT2D eigenvalue weighted by Crippen LogP contribution is 2.33. The van der Waals surface area contributed by atoms with E-state index in [1.165, 1.54) is 19.1 Å². The van der Waals surface area contributed by atoms with Crippen LogP contribution in [0.2, 0.25) is 0 Å². The molecule has 0 amide bonds. The van der Waals surface area contributed by atoms with Gasteiger partial charge in [-0.15, -0.1) is 0 Å². The Morgan fingerprint density at radius 2 is 1.54 bits per heavy atom. The summed E-state index contributed by atoms with van der Waals surface area (Å²) in [6, 6.07) is 10.8. The lowest BCUT2D eigenvalue weighted by atomic mass is 10.0. The minimum absolute atomic E-state index is 0.120. The zero-order valence-electron chi connectivity index (χ0n) is 14.1. The topological polar surface area (TPSA) is 54.5 Å². The van der Waals surface area contributed by atoms with E-state index in [2.05, 4.69) is 0 Å². The second-order valence-corrected chi connectivity index (χ2v) is 8.03. The van der Waals surface area contributed by atoms with E-state index >= 15 is 0 Å². The molecule has 0 radical (unpaired) electrons. The molecule has 0 aliphatic heterocycles. The Hall–Kier alpha value is -1.85. The summed E-state index contributed by atoms with van der Waals surface area (Å²) in [7, 11) is -3.93. The number of benzene rings is 2. The lowest BCUT2D eigenvalue weighted by Crippen LogP contribution is -2.42. The van der Waals surface area contributed by atoms with Crippen LogP contribution in [0.25, 0.3) is 0 Å². The lowest BCUT2D eigenvalue weighted by Gasteiger charge is -2.31. The van der Waals surface area contributed by atoms with Crippen molar-refractivity contribution in [2.45, 2.75) is 38.6 Å². The van der Waals surface area contributed by atoms with Crippen molar-refractivity contribution in [3.63, 3.8) is 0 Å². The van der Waals surface area contributed by atoms with Gasteiger partial charge in [0.15, 0.2) is 0 Å². The van der Waals surface area contributed by atoms with E-state index < -0.39 is 21.3 Å². The van der Waals surface area contributed by atoms with Crippen LogP contribution in [0, 0.1) is 20.8 Å². The highest BCUT2D eigenvalue weighted by molar-refractivity contribution is 7.93. The molecule has 2 aromatic carbocycles. The van der Waals surface area contributed by atoms with Gasteiger partial charge in [-0.1, -0.05) is 35.9 Å². The molecule has 2 rings (SSSR count). The molecular formula is C18H20ClNO3S. The van der Waals surface area contributed by atoms with Gasteiger partial charge < -0.3 is 0 Å². The van der Waals surface area contributed by atoms with Gasteiger partial charge >= 0.3 is 0 Å². The number of hydrogen-bond donors (Lipinski definition) is 0. The maximum Gasteiger partial charge on any atom is 0.265 e. The average molecular weight is 366 g/mol. The molecule has 1 unspecified atom stereocenters. The summed E-state index contributed by atoms with van der Waals surface area (Å²) in [5.74, 6) is 0. The van der Waals surface area contributed by atoms with E-state index in [0.29, 0.717) is 5.69 Å². The number of sulfonamides is 1. The van der Waals surface area contributed by atoms with Crippen molar-refractivity contribution < 1.29 is 13.2 Å². The molecule has 24 heavy (non-hydrogen) atoms. The van der Waals surface area contributed by atoms with E-state index in [4.69, 9.17) is 11.6 Å². The predicted molar refractivity (Wildman–Crippen MR) is 97.1 cm³/mol. The molecular weight excluding hydrogens is 346 g/mol. The van der Waals surface area contributed by atoms with Gasteiger partial charge in [0, 0.05) is 0 Å². The number of rotatable bonds is 5. The smallest absolute Gasteiger partial charge is 0.265 e. The summed E-state index contributed by atoms with van der Waals surface area (Å²) in [5, 5.41) is -0.728. The Bertz CT molecular complexity index is 840. The summed E-state index contributed by atoms with van der Waals surface area (Å²) in [6.45, 7) is 7.09. The number of carbonyl (C=O) groups is 1. The van der Waals surface area contributed by atoms with Crippen LogP contribution in [0.4, 0.5) is 5.69 Å². The number of hydrogen-bond acceptors (Lipinski definition) is 3. The Labute approximate surface area is 148 Å². The van der Waals surface area contributed by atoms with Gasteiger partial charge in [0.25, 0.3) is 10.0 Å². The van der Waals surface area contributed by atoms with Crippen molar-refractivity contribution in [3.8, 4) is 0 Å². The molecule has 0 aliphatic rings. The van der Waals surface area contributed by atoms with E-state index in [-0.39, 0.29) is 4.90 Å². The highest BCUT2D eigenvalue weighted by atomic mass is 35.5. The minimum Gasteiger partial charge on any atom is -0.279 e. The fraction of sp³-hybridized carbons (Fsp3) is 0.278. The van der Waals surface area contributed by atoms with E-state index in [1.807, 2.05) is 32.9 Å². The quantitative estimate of drug-likeness (QED) is 0.753. The molecule has 0 saturated carbocycles. The second kappa shape index (κ2) is 6.95. The van der Waals surface area contributed by atoms with Crippen molar-refractivity contribution in [3.05, 3.63) is 59.2 Å². The molecule has 0 fully saturated rings. The molecule has 6 heteroatoms.